The summed E-state index contributed by atoms with van der Waals surface area (Å²) in [6, 6.07) is 5.84. The summed E-state index contributed by atoms with van der Waals surface area (Å²) < 4.78 is 7.50. The second kappa shape index (κ2) is 5.24. The minimum atomic E-state index is 0.773. The van der Waals surface area contributed by atoms with Gasteiger partial charge in [-0.05, 0) is 19.1 Å². The summed E-state index contributed by atoms with van der Waals surface area (Å²) >= 11 is 0. The molecule has 0 saturated heterocycles. The Hall–Kier alpha value is -3.15. The average molecular weight is 305 g/mol. The normalized spacial score (nSPS) is 11.0. The molecule has 4 aromatic rings. The highest BCUT2D eigenvalue weighted by Crippen LogP contribution is 2.33. The number of nitrogens with zero attached hydrogens (tertiary/aromatic N) is 4. The molecular formula is C17H15N5O. The van der Waals surface area contributed by atoms with Crippen LogP contribution in [-0.4, -0.2) is 31.6 Å². The van der Waals surface area contributed by atoms with E-state index in [0.717, 1.165) is 39.4 Å². The lowest BCUT2D eigenvalue weighted by Crippen LogP contribution is -1.99. The lowest BCUT2D eigenvalue weighted by atomic mass is 10.1. The smallest absolute Gasteiger partial charge is 0.145 e. The first-order valence-corrected chi connectivity index (χ1v) is 7.24. The van der Waals surface area contributed by atoms with Gasteiger partial charge in [-0.3, -0.25) is 4.98 Å². The fourth-order valence-corrected chi connectivity index (χ4v) is 2.78. The van der Waals surface area contributed by atoms with Crippen molar-refractivity contribution in [3.8, 4) is 22.8 Å². The van der Waals surface area contributed by atoms with Crippen LogP contribution in [0.5, 0.6) is 5.75 Å². The van der Waals surface area contributed by atoms with Crippen LogP contribution >= 0.6 is 0 Å². The number of pyridine rings is 1. The summed E-state index contributed by atoms with van der Waals surface area (Å²) in [5.74, 6) is 1.57. The highest BCUT2D eigenvalue weighted by atomic mass is 16.5. The zero-order chi connectivity index (χ0) is 15.8. The third-order valence-corrected chi connectivity index (χ3v) is 3.87. The number of H-pyrrole nitrogens is 1. The van der Waals surface area contributed by atoms with Gasteiger partial charge in [0.1, 0.15) is 11.6 Å². The molecule has 4 rings (SSSR count). The number of hydrogen-bond donors (Lipinski definition) is 1. The number of fused-ring (bicyclic) bond motifs is 1. The zero-order valence-electron chi connectivity index (χ0n) is 12.8. The highest BCUT2D eigenvalue weighted by Gasteiger charge is 2.16. The molecule has 1 N–H and O–H groups in total. The van der Waals surface area contributed by atoms with Crippen molar-refractivity contribution in [1.29, 1.82) is 0 Å². The van der Waals surface area contributed by atoms with Crippen molar-refractivity contribution < 1.29 is 4.74 Å². The molecule has 0 radical (unpaired) electrons. The molecule has 0 unspecified atom stereocenters. The van der Waals surface area contributed by atoms with Gasteiger partial charge in [0.05, 0.1) is 30.2 Å². The Morgan fingerprint density at radius 1 is 1.22 bits per heavy atom. The van der Waals surface area contributed by atoms with Crippen LogP contribution in [0, 0.1) is 6.92 Å². The van der Waals surface area contributed by atoms with E-state index in [0.29, 0.717) is 0 Å². The average Bonchev–Trinajstić information content (AvgIpc) is 3.25. The largest absolute Gasteiger partial charge is 0.494 e. The molecule has 3 heterocycles. The molecule has 0 aliphatic carbocycles. The van der Waals surface area contributed by atoms with E-state index in [-0.39, 0.29) is 0 Å². The molecule has 0 amide bonds. The number of hydrogen-bond acceptors (Lipinski definition) is 4. The molecule has 0 fully saturated rings. The van der Waals surface area contributed by atoms with Crippen LogP contribution in [0.1, 0.15) is 5.56 Å². The van der Waals surface area contributed by atoms with Gasteiger partial charge in [0.25, 0.3) is 0 Å². The molecule has 114 valence electrons. The predicted octanol–water partition coefficient (Wildman–Crippen LogP) is 3.13. The van der Waals surface area contributed by atoms with Gasteiger partial charge in [-0.15, -0.1) is 0 Å². The van der Waals surface area contributed by atoms with E-state index < -0.39 is 0 Å². The van der Waals surface area contributed by atoms with Crippen LogP contribution in [-0.2, 0) is 0 Å². The quantitative estimate of drug-likeness (QED) is 0.631. The Morgan fingerprint density at radius 3 is 2.83 bits per heavy atom. The Kier molecular flexibility index (Phi) is 3.08. The van der Waals surface area contributed by atoms with Crippen molar-refractivity contribution in [2.24, 2.45) is 0 Å². The van der Waals surface area contributed by atoms with Gasteiger partial charge in [-0.1, -0.05) is 0 Å². The van der Waals surface area contributed by atoms with E-state index in [2.05, 4.69) is 15.0 Å². The Morgan fingerprint density at radius 2 is 2.13 bits per heavy atom. The third kappa shape index (κ3) is 2.15. The van der Waals surface area contributed by atoms with Crippen molar-refractivity contribution in [1.82, 2.24) is 24.5 Å². The van der Waals surface area contributed by atoms with Crippen molar-refractivity contribution in [2.75, 3.05) is 7.11 Å². The predicted molar refractivity (Wildman–Crippen MR) is 87.7 cm³/mol. The summed E-state index contributed by atoms with van der Waals surface area (Å²) in [5, 5.41) is 0. The molecule has 3 aromatic heterocycles. The molecule has 0 saturated carbocycles. The number of aryl methyl sites for hydroxylation is 1. The monoisotopic (exact) mass is 305 g/mol. The lowest BCUT2D eigenvalue weighted by Gasteiger charge is -2.12. The van der Waals surface area contributed by atoms with E-state index in [1.54, 1.807) is 32.0 Å². The maximum absolute atomic E-state index is 5.56. The second-order valence-electron chi connectivity index (χ2n) is 5.25. The Labute approximate surface area is 132 Å². The van der Waals surface area contributed by atoms with Gasteiger partial charge in [-0.2, -0.15) is 0 Å². The number of nitrogens with one attached hydrogen (secondary N) is 1. The summed E-state index contributed by atoms with van der Waals surface area (Å²) in [6.07, 6.45) is 8.93. The van der Waals surface area contributed by atoms with Crippen LogP contribution in [0.25, 0.3) is 28.1 Å². The molecule has 0 aliphatic heterocycles. The topological polar surface area (TPSA) is 68.6 Å². The van der Waals surface area contributed by atoms with Gasteiger partial charge < -0.3 is 14.3 Å². The van der Waals surface area contributed by atoms with Crippen LogP contribution < -0.4 is 4.74 Å². The lowest BCUT2D eigenvalue weighted by molar-refractivity contribution is 0.413. The minimum absolute atomic E-state index is 0.773. The summed E-state index contributed by atoms with van der Waals surface area (Å²) in [4.78, 5) is 16.4. The first kappa shape index (κ1) is 13.5. The summed E-state index contributed by atoms with van der Waals surface area (Å²) in [5.41, 5.74) is 4.77. The van der Waals surface area contributed by atoms with Gasteiger partial charge >= 0.3 is 0 Å². The SMILES string of the molecule is COc1cc2[nH]c(-c3cccnc3)nc2c(C)c1-n1ccnc1. The van der Waals surface area contributed by atoms with Gasteiger partial charge in [-0.25, -0.2) is 9.97 Å². The number of methoxy groups -OCH3 is 1. The molecule has 6 heteroatoms. The van der Waals surface area contributed by atoms with E-state index in [1.807, 2.05) is 35.9 Å². The summed E-state index contributed by atoms with van der Waals surface area (Å²) in [6.45, 7) is 2.04. The van der Waals surface area contributed by atoms with Gasteiger partial charge in [0.15, 0.2) is 0 Å². The maximum Gasteiger partial charge on any atom is 0.145 e. The molecule has 0 spiro atoms. The zero-order valence-corrected chi connectivity index (χ0v) is 12.8. The molecule has 0 atom stereocenters. The Balaban J connectivity index is 1.97. The molecule has 0 bridgehead atoms. The molecule has 23 heavy (non-hydrogen) atoms. The maximum atomic E-state index is 5.56. The van der Waals surface area contributed by atoms with E-state index in [1.165, 1.54) is 0 Å². The standard InChI is InChI=1S/C17H15N5O/c1-11-15-13(20-17(21-15)12-4-3-5-18-9-12)8-14(23-2)16(11)22-7-6-19-10-22/h3-10H,1-2H3,(H,20,21). The second-order valence-corrected chi connectivity index (χ2v) is 5.25. The molecular weight excluding hydrogens is 290 g/mol. The number of aromatic nitrogens is 5. The molecule has 1 aromatic carbocycles. The van der Waals surface area contributed by atoms with E-state index in [4.69, 9.17) is 9.72 Å². The summed E-state index contributed by atoms with van der Waals surface area (Å²) in [7, 11) is 1.67. The van der Waals surface area contributed by atoms with Crippen molar-refractivity contribution in [3.63, 3.8) is 0 Å². The van der Waals surface area contributed by atoms with Crippen LogP contribution in [0.4, 0.5) is 0 Å². The molecule has 0 aliphatic rings. The number of aromatic amines is 1. The third-order valence-electron chi connectivity index (χ3n) is 3.87. The van der Waals surface area contributed by atoms with Crippen molar-refractivity contribution in [2.45, 2.75) is 6.92 Å². The number of ether oxygens (including phenoxy) is 1. The highest BCUT2D eigenvalue weighted by molar-refractivity contribution is 5.87. The molecule has 6 nitrogen and oxygen atoms in total. The van der Waals surface area contributed by atoms with Crippen LogP contribution in [0.3, 0.4) is 0 Å². The van der Waals surface area contributed by atoms with Crippen LogP contribution in [0.15, 0.2) is 49.3 Å². The minimum Gasteiger partial charge on any atom is -0.494 e. The number of imidazole rings is 2. The van der Waals surface area contributed by atoms with Gasteiger partial charge in [0, 0.05) is 42.0 Å². The van der Waals surface area contributed by atoms with Crippen molar-refractivity contribution in [3.05, 3.63) is 54.9 Å². The first-order chi connectivity index (χ1) is 11.3. The van der Waals surface area contributed by atoms with Gasteiger partial charge in [0.2, 0.25) is 0 Å². The fraction of sp³-hybridized carbons (Fsp3) is 0.118. The van der Waals surface area contributed by atoms with E-state index >= 15 is 0 Å². The first-order valence-electron chi connectivity index (χ1n) is 7.24. The fourth-order valence-electron chi connectivity index (χ4n) is 2.78. The Bertz CT molecular complexity index is 958. The number of rotatable bonds is 3. The van der Waals surface area contributed by atoms with E-state index in [9.17, 15) is 0 Å². The van der Waals surface area contributed by atoms with Crippen molar-refractivity contribution >= 4 is 11.0 Å². The van der Waals surface area contributed by atoms with Crippen LogP contribution in [0.2, 0.25) is 0 Å². The number of benzene rings is 1.